The number of carbonyl (C=O) groups is 3. The smallest absolute Gasteiger partial charge is 0.329 e. The largest absolute Gasteiger partial charge is 0.480 e. The van der Waals surface area contributed by atoms with Gasteiger partial charge >= 0.3 is 12.0 Å². The number of carboxylic acids is 1. The summed E-state index contributed by atoms with van der Waals surface area (Å²) in [6.07, 6.45) is 0.431. The quantitative estimate of drug-likeness (QED) is 0.729. The van der Waals surface area contributed by atoms with Gasteiger partial charge in [-0.25, -0.2) is 9.59 Å². The van der Waals surface area contributed by atoms with Crippen LogP contribution in [0.2, 0.25) is 0 Å². The highest BCUT2D eigenvalue weighted by Crippen LogP contribution is 2.21. The van der Waals surface area contributed by atoms with E-state index in [9.17, 15) is 19.5 Å². The van der Waals surface area contributed by atoms with Crippen LogP contribution in [0.3, 0.4) is 0 Å². The summed E-state index contributed by atoms with van der Waals surface area (Å²) in [5.74, 6) is -1.29. The molecule has 0 aromatic heterocycles. The number of aliphatic carboxylic acids is 1. The average molecular weight is 301 g/mol. The van der Waals surface area contributed by atoms with Crippen molar-refractivity contribution in [1.29, 1.82) is 0 Å². The van der Waals surface area contributed by atoms with E-state index >= 15 is 0 Å². The van der Waals surface area contributed by atoms with E-state index in [0.717, 1.165) is 0 Å². The van der Waals surface area contributed by atoms with Crippen molar-refractivity contribution < 1.29 is 24.2 Å². The summed E-state index contributed by atoms with van der Waals surface area (Å²) in [7, 11) is 3.20. The number of likely N-dealkylation sites (N-methyl/N-ethyl adjacent to an activating group) is 2. The molecule has 8 heteroatoms. The Morgan fingerprint density at radius 1 is 1.24 bits per heavy atom. The van der Waals surface area contributed by atoms with Gasteiger partial charge in [-0.3, -0.25) is 4.79 Å². The molecule has 1 rings (SSSR count). The van der Waals surface area contributed by atoms with Crippen LogP contribution < -0.4 is 5.32 Å². The second-order valence-electron chi connectivity index (χ2n) is 5.23. The van der Waals surface area contributed by atoms with Crippen molar-refractivity contribution >= 4 is 17.9 Å². The highest BCUT2D eigenvalue weighted by Gasteiger charge is 2.42. The number of urea groups is 1. The maximum Gasteiger partial charge on any atom is 0.329 e. The molecule has 0 spiro atoms. The molecule has 3 amide bonds. The molecule has 0 aliphatic carbocycles. The van der Waals surface area contributed by atoms with Gasteiger partial charge in [0, 0.05) is 46.7 Å². The van der Waals surface area contributed by atoms with Gasteiger partial charge in [0.05, 0.1) is 0 Å². The van der Waals surface area contributed by atoms with E-state index in [-0.39, 0.29) is 38.5 Å². The Morgan fingerprint density at radius 2 is 1.81 bits per heavy atom. The van der Waals surface area contributed by atoms with Gasteiger partial charge < -0.3 is 25.0 Å². The predicted molar refractivity (Wildman–Crippen MR) is 74.9 cm³/mol. The summed E-state index contributed by atoms with van der Waals surface area (Å²) in [6, 6.07) is -0.544. The van der Waals surface area contributed by atoms with E-state index in [2.05, 4.69) is 5.32 Å². The van der Waals surface area contributed by atoms with Gasteiger partial charge in [0.25, 0.3) is 0 Å². The summed E-state index contributed by atoms with van der Waals surface area (Å²) >= 11 is 0. The molecular formula is C13H23N3O5. The zero-order valence-corrected chi connectivity index (χ0v) is 12.7. The van der Waals surface area contributed by atoms with Crippen LogP contribution >= 0.6 is 0 Å². The number of amides is 3. The molecule has 1 aliphatic rings. The van der Waals surface area contributed by atoms with Crippen molar-refractivity contribution in [2.45, 2.75) is 25.3 Å². The van der Waals surface area contributed by atoms with Crippen LogP contribution in [0.4, 0.5) is 4.79 Å². The van der Waals surface area contributed by atoms with Crippen molar-refractivity contribution in [3.63, 3.8) is 0 Å². The summed E-state index contributed by atoms with van der Waals surface area (Å²) in [6.45, 7) is 2.55. The SMILES string of the molecule is CCN(CC(=O)N(C)C)C(=O)NC1(C(=O)O)CCOCC1. The fourth-order valence-corrected chi connectivity index (χ4v) is 2.03. The maximum atomic E-state index is 12.3. The first-order valence-corrected chi connectivity index (χ1v) is 6.91. The lowest BCUT2D eigenvalue weighted by molar-refractivity contribution is -0.148. The molecule has 1 fully saturated rings. The van der Waals surface area contributed by atoms with Gasteiger partial charge in [0.1, 0.15) is 12.1 Å². The molecule has 0 aromatic carbocycles. The maximum absolute atomic E-state index is 12.3. The monoisotopic (exact) mass is 301 g/mol. The van der Waals surface area contributed by atoms with Crippen LogP contribution in [0.5, 0.6) is 0 Å². The number of hydrogen-bond donors (Lipinski definition) is 2. The molecule has 120 valence electrons. The molecule has 0 bridgehead atoms. The molecule has 1 aliphatic heterocycles. The van der Waals surface area contributed by atoms with Gasteiger partial charge in [-0.2, -0.15) is 0 Å². The molecule has 1 saturated heterocycles. The topological polar surface area (TPSA) is 99.2 Å². The van der Waals surface area contributed by atoms with E-state index in [1.807, 2.05) is 0 Å². The van der Waals surface area contributed by atoms with Crippen molar-refractivity contribution in [1.82, 2.24) is 15.1 Å². The van der Waals surface area contributed by atoms with Crippen LogP contribution in [0.25, 0.3) is 0 Å². The minimum atomic E-state index is -1.32. The number of hydrogen-bond acceptors (Lipinski definition) is 4. The summed E-state index contributed by atoms with van der Waals surface area (Å²) in [5, 5.41) is 12.0. The molecule has 0 unspecified atom stereocenters. The Balaban J connectivity index is 2.75. The van der Waals surface area contributed by atoms with Crippen molar-refractivity contribution in [3.05, 3.63) is 0 Å². The van der Waals surface area contributed by atoms with Gasteiger partial charge in [0.15, 0.2) is 0 Å². The Kier molecular flexibility index (Phi) is 5.95. The van der Waals surface area contributed by atoms with Crippen LogP contribution in [0.1, 0.15) is 19.8 Å². The number of carbonyl (C=O) groups excluding carboxylic acids is 2. The van der Waals surface area contributed by atoms with Crippen molar-refractivity contribution in [2.75, 3.05) is 40.4 Å². The Bertz CT molecular complexity index is 405. The van der Waals surface area contributed by atoms with Crippen molar-refractivity contribution in [2.24, 2.45) is 0 Å². The first-order chi connectivity index (χ1) is 9.82. The van der Waals surface area contributed by atoms with Crippen LogP contribution in [0, 0.1) is 0 Å². The highest BCUT2D eigenvalue weighted by molar-refractivity contribution is 5.88. The fraction of sp³-hybridized carbons (Fsp3) is 0.769. The normalized spacial score (nSPS) is 16.9. The molecule has 0 saturated carbocycles. The molecule has 8 nitrogen and oxygen atoms in total. The molecular weight excluding hydrogens is 278 g/mol. The average Bonchev–Trinajstić information content (AvgIpc) is 2.44. The van der Waals surface area contributed by atoms with E-state index in [1.54, 1.807) is 21.0 Å². The third-order valence-electron chi connectivity index (χ3n) is 3.60. The van der Waals surface area contributed by atoms with E-state index in [0.29, 0.717) is 6.54 Å². The second-order valence-corrected chi connectivity index (χ2v) is 5.23. The van der Waals surface area contributed by atoms with Crippen molar-refractivity contribution in [3.8, 4) is 0 Å². The third-order valence-corrected chi connectivity index (χ3v) is 3.60. The molecule has 21 heavy (non-hydrogen) atoms. The van der Waals surface area contributed by atoms with Gasteiger partial charge in [-0.15, -0.1) is 0 Å². The fourth-order valence-electron chi connectivity index (χ4n) is 2.03. The molecule has 0 radical (unpaired) electrons. The lowest BCUT2D eigenvalue weighted by Gasteiger charge is -2.35. The zero-order chi connectivity index (χ0) is 16.0. The van der Waals surface area contributed by atoms with Crippen LogP contribution in [-0.4, -0.2) is 78.8 Å². The Labute approximate surface area is 124 Å². The highest BCUT2D eigenvalue weighted by atomic mass is 16.5. The predicted octanol–water partition coefficient (Wildman–Crippen LogP) is -0.260. The number of nitrogens with one attached hydrogen (secondary N) is 1. The lowest BCUT2D eigenvalue weighted by Crippen LogP contribution is -2.60. The third kappa shape index (κ3) is 4.32. The van der Waals surface area contributed by atoms with Gasteiger partial charge in [0.2, 0.25) is 5.91 Å². The van der Waals surface area contributed by atoms with Gasteiger partial charge in [-0.1, -0.05) is 0 Å². The number of nitrogens with zero attached hydrogens (tertiary/aromatic N) is 2. The van der Waals surface area contributed by atoms with E-state index in [4.69, 9.17) is 4.74 Å². The Morgan fingerprint density at radius 3 is 2.24 bits per heavy atom. The summed E-state index contributed by atoms with van der Waals surface area (Å²) in [5.41, 5.74) is -1.32. The van der Waals surface area contributed by atoms with E-state index < -0.39 is 17.5 Å². The number of rotatable bonds is 5. The molecule has 1 heterocycles. The molecule has 0 aromatic rings. The lowest BCUT2D eigenvalue weighted by atomic mass is 9.90. The Hall–Kier alpha value is -1.83. The minimum absolute atomic E-state index is 0.0818. The first-order valence-electron chi connectivity index (χ1n) is 6.91. The first kappa shape index (κ1) is 17.2. The molecule has 2 N–H and O–H groups in total. The van der Waals surface area contributed by atoms with Crippen LogP contribution in [-0.2, 0) is 14.3 Å². The summed E-state index contributed by atoms with van der Waals surface area (Å²) < 4.78 is 5.15. The van der Waals surface area contributed by atoms with Crippen LogP contribution in [0.15, 0.2) is 0 Å². The minimum Gasteiger partial charge on any atom is -0.480 e. The van der Waals surface area contributed by atoms with E-state index in [1.165, 1.54) is 9.80 Å². The zero-order valence-electron chi connectivity index (χ0n) is 12.7. The number of carboxylic acid groups (broad SMARTS) is 1. The second kappa shape index (κ2) is 7.26. The van der Waals surface area contributed by atoms with Gasteiger partial charge in [-0.05, 0) is 6.92 Å². The molecule has 0 atom stereocenters. The summed E-state index contributed by atoms with van der Waals surface area (Å²) in [4.78, 5) is 38.1. The number of ether oxygens (including phenoxy) is 1. The standard InChI is InChI=1S/C13H23N3O5/c1-4-16(9-10(17)15(2)3)12(20)14-13(11(18)19)5-7-21-8-6-13/h4-9H2,1-3H3,(H,14,20)(H,18,19).